The molecule has 1 N–H and O–H groups in total. The zero-order valence-electron chi connectivity index (χ0n) is 9.86. The van der Waals surface area contributed by atoms with Gasteiger partial charge in [-0.2, -0.15) is 0 Å². The highest BCUT2D eigenvalue weighted by molar-refractivity contribution is 4.89. The minimum atomic E-state index is 0.619. The molecule has 2 rings (SSSR count). The molecular formula is C13H25N. The third-order valence-corrected chi connectivity index (χ3v) is 4.56. The molecule has 1 saturated heterocycles. The van der Waals surface area contributed by atoms with E-state index in [2.05, 4.69) is 19.2 Å². The Morgan fingerprint density at radius 3 is 2.21 bits per heavy atom. The van der Waals surface area contributed by atoms with Gasteiger partial charge in [-0.1, -0.05) is 20.3 Å². The van der Waals surface area contributed by atoms with Crippen LogP contribution in [0.1, 0.15) is 58.8 Å². The minimum Gasteiger partial charge on any atom is -0.317 e. The smallest absolute Gasteiger partial charge is 0.00436 e. The number of hydrogen-bond donors (Lipinski definition) is 1. The zero-order chi connectivity index (χ0) is 10.1. The van der Waals surface area contributed by atoms with E-state index in [9.17, 15) is 0 Å². The largest absolute Gasteiger partial charge is 0.317 e. The van der Waals surface area contributed by atoms with Crippen molar-refractivity contribution in [2.75, 3.05) is 13.1 Å². The molecule has 1 nitrogen and oxygen atoms in total. The van der Waals surface area contributed by atoms with Gasteiger partial charge >= 0.3 is 0 Å². The van der Waals surface area contributed by atoms with Crippen molar-refractivity contribution in [3.8, 4) is 0 Å². The SMILES string of the molecule is CC1(C)CCCC2(CCNCC2)CC1. The van der Waals surface area contributed by atoms with Gasteiger partial charge in [0.2, 0.25) is 0 Å². The third-order valence-electron chi connectivity index (χ3n) is 4.56. The monoisotopic (exact) mass is 195 g/mol. The summed E-state index contributed by atoms with van der Waals surface area (Å²) < 4.78 is 0. The molecule has 14 heavy (non-hydrogen) atoms. The fourth-order valence-electron chi connectivity index (χ4n) is 3.25. The van der Waals surface area contributed by atoms with E-state index in [4.69, 9.17) is 0 Å². The molecule has 82 valence electrons. The van der Waals surface area contributed by atoms with Crippen LogP contribution in [0.5, 0.6) is 0 Å². The number of piperidine rings is 1. The van der Waals surface area contributed by atoms with Crippen molar-refractivity contribution in [3.63, 3.8) is 0 Å². The summed E-state index contributed by atoms with van der Waals surface area (Å²) in [7, 11) is 0. The fourth-order valence-corrected chi connectivity index (χ4v) is 3.25. The zero-order valence-corrected chi connectivity index (χ0v) is 9.86. The van der Waals surface area contributed by atoms with Crippen LogP contribution in [0, 0.1) is 10.8 Å². The molecule has 0 bridgehead atoms. The molecule has 1 heteroatoms. The quantitative estimate of drug-likeness (QED) is 0.625. The van der Waals surface area contributed by atoms with Crippen LogP contribution in [-0.4, -0.2) is 13.1 Å². The maximum absolute atomic E-state index is 3.50. The van der Waals surface area contributed by atoms with E-state index >= 15 is 0 Å². The molecule has 0 atom stereocenters. The van der Waals surface area contributed by atoms with E-state index in [0.717, 1.165) is 5.41 Å². The maximum atomic E-state index is 3.50. The van der Waals surface area contributed by atoms with Crippen LogP contribution in [0.15, 0.2) is 0 Å². The van der Waals surface area contributed by atoms with Gasteiger partial charge in [-0.3, -0.25) is 0 Å². The Bertz CT molecular complexity index is 189. The second-order valence-corrected chi connectivity index (χ2v) is 6.27. The van der Waals surface area contributed by atoms with Crippen molar-refractivity contribution in [3.05, 3.63) is 0 Å². The molecular weight excluding hydrogens is 170 g/mol. The highest BCUT2D eigenvalue weighted by Crippen LogP contribution is 2.46. The lowest BCUT2D eigenvalue weighted by Gasteiger charge is -2.37. The Hall–Kier alpha value is -0.0400. The lowest BCUT2D eigenvalue weighted by Crippen LogP contribution is -2.36. The van der Waals surface area contributed by atoms with Crippen molar-refractivity contribution in [1.82, 2.24) is 5.32 Å². The molecule has 0 amide bonds. The topological polar surface area (TPSA) is 12.0 Å². The molecule has 0 aromatic heterocycles. The summed E-state index contributed by atoms with van der Waals surface area (Å²) in [5, 5.41) is 3.50. The van der Waals surface area contributed by atoms with E-state index in [0.29, 0.717) is 5.41 Å². The fraction of sp³-hybridized carbons (Fsp3) is 1.00. The van der Waals surface area contributed by atoms with Crippen molar-refractivity contribution in [2.45, 2.75) is 58.8 Å². The van der Waals surface area contributed by atoms with Gasteiger partial charge in [0, 0.05) is 0 Å². The summed E-state index contributed by atoms with van der Waals surface area (Å²) in [5.41, 5.74) is 1.35. The van der Waals surface area contributed by atoms with Gasteiger partial charge in [0.25, 0.3) is 0 Å². The highest BCUT2D eigenvalue weighted by Gasteiger charge is 2.36. The van der Waals surface area contributed by atoms with E-state index in [1.807, 2.05) is 0 Å². The molecule has 1 aliphatic carbocycles. The van der Waals surface area contributed by atoms with Gasteiger partial charge in [-0.05, 0) is 62.4 Å². The van der Waals surface area contributed by atoms with Crippen LogP contribution in [0.25, 0.3) is 0 Å². The molecule has 1 saturated carbocycles. The molecule has 1 heterocycles. The summed E-state index contributed by atoms with van der Waals surface area (Å²) in [6, 6.07) is 0. The maximum Gasteiger partial charge on any atom is -0.00436 e. The van der Waals surface area contributed by atoms with Crippen molar-refractivity contribution in [1.29, 1.82) is 0 Å². The lowest BCUT2D eigenvalue weighted by molar-refractivity contribution is 0.164. The molecule has 0 radical (unpaired) electrons. The van der Waals surface area contributed by atoms with Crippen LogP contribution < -0.4 is 5.32 Å². The predicted octanol–water partition coefficient (Wildman–Crippen LogP) is 3.35. The molecule has 2 aliphatic rings. The molecule has 1 aliphatic heterocycles. The Morgan fingerprint density at radius 2 is 1.50 bits per heavy atom. The van der Waals surface area contributed by atoms with Crippen molar-refractivity contribution in [2.24, 2.45) is 10.8 Å². The number of nitrogens with one attached hydrogen (secondary N) is 1. The standard InChI is InChI=1S/C13H25N/c1-12(2)4-3-5-13(7-6-12)8-10-14-11-9-13/h14H,3-11H2,1-2H3. The third kappa shape index (κ3) is 2.31. The van der Waals surface area contributed by atoms with E-state index in [1.165, 1.54) is 58.0 Å². The van der Waals surface area contributed by atoms with Crippen LogP contribution in [-0.2, 0) is 0 Å². The first-order valence-electron chi connectivity index (χ1n) is 6.33. The average molecular weight is 195 g/mol. The van der Waals surface area contributed by atoms with Gasteiger partial charge in [-0.15, -0.1) is 0 Å². The van der Waals surface area contributed by atoms with Crippen LogP contribution >= 0.6 is 0 Å². The first-order valence-corrected chi connectivity index (χ1v) is 6.33. The van der Waals surface area contributed by atoms with Gasteiger partial charge < -0.3 is 5.32 Å². The Kier molecular flexibility index (Phi) is 2.88. The summed E-state index contributed by atoms with van der Waals surface area (Å²) in [5.74, 6) is 0. The van der Waals surface area contributed by atoms with Gasteiger partial charge in [0.05, 0.1) is 0 Å². The van der Waals surface area contributed by atoms with Gasteiger partial charge in [-0.25, -0.2) is 0 Å². The lowest BCUT2D eigenvalue weighted by atomic mass is 9.72. The Balaban J connectivity index is 1.99. The summed E-state index contributed by atoms with van der Waals surface area (Å²) in [6.07, 6.45) is 10.2. The molecule has 0 aromatic carbocycles. The number of rotatable bonds is 0. The minimum absolute atomic E-state index is 0.619. The summed E-state index contributed by atoms with van der Waals surface area (Å²) in [4.78, 5) is 0. The molecule has 1 spiro atoms. The van der Waals surface area contributed by atoms with E-state index in [-0.39, 0.29) is 0 Å². The molecule has 0 aromatic rings. The second kappa shape index (κ2) is 3.84. The second-order valence-electron chi connectivity index (χ2n) is 6.27. The molecule has 2 fully saturated rings. The van der Waals surface area contributed by atoms with Crippen LogP contribution in [0.3, 0.4) is 0 Å². The van der Waals surface area contributed by atoms with Gasteiger partial charge in [0.15, 0.2) is 0 Å². The van der Waals surface area contributed by atoms with Crippen molar-refractivity contribution < 1.29 is 0 Å². The molecule has 0 unspecified atom stereocenters. The number of hydrogen-bond acceptors (Lipinski definition) is 1. The Labute approximate surface area is 88.7 Å². The van der Waals surface area contributed by atoms with Crippen LogP contribution in [0.4, 0.5) is 0 Å². The van der Waals surface area contributed by atoms with E-state index < -0.39 is 0 Å². The van der Waals surface area contributed by atoms with Crippen molar-refractivity contribution >= 4 is 0 Å². The average Bonchev–Trinajstić information content (AvgIpc) is 2.29. The summed E-state index contributed by atoms with van der Waals surface area (Å²) in [6.45, 7) is 7.43. The first-order chi connectivity index (χ1) is 6.62. The van der Waals surface area contributed by atoms with Crippen LogP contribution in [0.2, 0.25) is 0 Å². The first kappa shape index (κ1) is 10.5. The summed E-state index contributed by atoms with van der Waals surface area (Å²) >= 11 is 0. The van der Waals surface area contributed by atoms with Gasteiger partial charge in [0.1, 0.15) is 0 Å². The highest BCUT2D eigenvalue weighted by atomic mass is 14.9. The van der Waals surface area contributed by atoms with E-state index in [1.54, 1.807) is 0 Å². The predicted molar refractivity (Wildman–Crippen MR) is 61.4 cm³/mol. The normalized spacial score (nSPS) is 31.3. The Morgan fingerprint density at radius 1 is 0.786 bits per heavy atom.